The first-order valence-electron chi connectivity index (χ1n) is 7.43. The zero-order valence-corrected chi connectivity index (χ0v) is 12.2. The molecule has 2 aromatic rings. The molecule has 1 aromatic heterocycles. The molecule has 0 radical (unpaired) electrons. The zero-order valence-electron chi connectivity index (χ0n) is 12.2. The van der Waals surface area contributed by atoms with Crippen LogP contribution in [0.3, 0.4) is 0 Å². The summed E-state index contributed by atoms with van der Waals surface area (Å²) < 4.78 is 1.97. The Morgan fingerprint density at radius 2 is 2.05 bits per heavy atom. The Kier molecular flexibility index (Phi) is 3.85. The number of aromatic carboxylic acids is 1. The molecule has 0 bridgehead atoms. The summed E-state index contributed by atoms with van der Waals surface area (Å²) in [6.45, 7) is 2.76. The number of rotatable bonds is 4. The molecule has 116 valence electrons. The minimum absolute atomic E-state index is 0.216. The first-order chi connectivity index (χ1) is 10.6. The molecule has 6 heteroatoms. The minimum Gasteiger partial charge on any atom is -0.478 e. The summed E-state index contributed by atoms with van der Waals surface area (Å²) in [5.41, 5.74) is 6.86. The van der Waals surface area contributed by atoms with Crippen molar-refractivity contribution in [1.82, 2.24) is 9.88 Å². The van der Waals surface area contributed by atoms with E-state index in [0.29, 0.717) is 16.9 Å². The molecule has 1 aliphatic rings. The lowest BCUT2D eigenvalue weighted by Gasteiger charge is -2.23. The quantitative estimate of drug-likeness (QED) is 0.796. The number of carbonyl (C=O) groups is 2. The third kappa shape index (κ3) is 2.69. The van der Waals surface area contributed by atoms with E-state index in [4.69, 9.17) is 10.8 Å². The lowest BCUT2D eigenvalue weighted by atomic mass is 9.98. The molecule has 1 amide bonds. The SMILES string of the molecule is NC(=O)c1cn(CC2CCNCC2)c2cc(C(=O)O)ccc12. The topological polar surface area (TPSA) is 97.4 Å². The molecule has 4 N–H and O–H groups in total. The Hall–Kier alpha value is -2.34. The van der Waals surface area contributed by atoms with Gasteiger partial charge in [-0.2, -0.15) is 0 Å². The van der Waals surface area contributed by atoms with Crippen LogP contribution >= 0.6 is 0 Å². The van der Waals surface area contributed by atoms with Crippen molar-refractivity contribution in [3.63, 3.8) is 0 Å². The lowest BCUT2D eigenvalue weighted by molar-refractivity contribution is 0.0697. The maximum atomic E-state index is 11.6. The summed E-state index contributed by atoms with van der Waals surface area (Å²) in [6, 6.07) is 4.79. The summed E-state index contributed by atoms with van der Waals surface area (Å²) in [7, 11) is 0. The molecule has 1 aliphatic heterocycles. The number of amides is 1. The lowest BCUT2D eigenvalue weighted by Crippen LogP contribution is -2.29. The molecule has 1 fully saturated rings. The highest BCUT2D eigenvalue weighted by Crippen LogP contribution is 2.25. The molecule has 22 heavy (non-hydrogen) atoms. The number of aromatic nitrogens is 1. The average molecular weight is 301 g/mol. The molecule has 2 heterocycles. The zero-order chi connectivity index (χ0) is 15.7. The van der Waals surface area contributed by atoms with Crippen molar-refractivity contribution in [1.29, 1.82) is 0 Å². The van der Waals surface area contributed by atoms with Gasteiger partial charge in [-0.15, -0.1) is 0 Å². The standard InChI is InChI=1S/C16H19N3O3/c17-15(20)13-9-19(8-10-3-5-18-6-4-10)14-7-11(16(21)22)1-2-12(13)14/h1-2,7,9-10,18H,3-6,8H2,(H2,17,20)(H,21,22). The van der Waals surface area contributed by atoms with Crippen LogP contribution in [-0.2, 0) is 6.54 Å². The molecule has 3 rings (SSSR count). The van der Waals surface area contributed by atoms with Gasteiger partial charge in [0.15, 0.2) is 0 Å². The van der Waals surface area contributed by atoms with Crippen LogP contribution in [-0.4, -0.2) is 34.6 Å². The Bertz CT molecular complexity index is 730. The van der Waals surface area contributed by atoms with Crippen molar-refractivity contribution in [2.24, 2.45) is 11.7 Å². The van der Waals surface area contributed by atoms with E-state index in [1.54, 1.807) is 18.3 Å². The highest BCUT2D eigenvalue weighted by Gasteiger charge is 2.18. The molecule has 0 saturated carbocycles. The van der Waals surface area contributed by atoms with Crippen LogP contribution in [0.2, 0.25) is 0 Å². The van der Waals surface area contributed by atoms with Gasteiger partial charge in [-0.25, -0.2) is 4.79 Å². The Balaban J connectivity index is 2.04. The molecule has 0 atom stereocenters. The molecule has 0 unspecified atom stereocenters. The van der Waals surface area contributed by atoms with E-state index in [0.717, 1.165) is 38.0 Å². The third-order valence-corrected chi connectivity index (χ3v) is 4.31. The van der Waals surface area contributed by atoms with Crippen molar-refractivity contribution in [3.8, 4) is 0 Å². The van der Waals surface area contributed by atoms with Crippen LogP contribution < -0.4 is 11.1 Å². The van der Waals surface area contributed by atoms with Crippen LogP contribution in [0, 0.1) is 5.92 Å². The second-order valence-electron chi connectivity index (χ2n) is 5.79. The van der Waals surface area contributed by atoms with E-state index in [9.17, 15) is 9.59 Å². The fraction of sp³-hybridized carbons (Fsp3) is 0.375. The number of carbonyl (C=O) groups excluding carboxylic acids is 1. The number of nitrogens with zero attached hydrogens (tertiary/aromatic N) is 1. The van der Waals surface area contributed by atoms with E-state index < -0.39 is 11.9 Å². The van der Waals surface area contributed by atoms with E-state index in [-0.39, 0.29) is 5.56 Å². The summed E-state index contributed by atoms with van der Waals surface area (Å²) in [4.78, 5) is 22.8. The van der Waals surface area contributed by atoms with Crippen LogP contribution in [0.4, 0.5) is 0 Å². The second-order valence-corrected chi connectivity index (χ2v) is 5.79. The monoisotopic (exact) mass is 301 g/mol. The molecule has 1 saturated heterocycles. The van der Waals surface area contributed by atoms with Gasteiger partial charge in [-0.05, 0) is 44.0 Å². The first-order valence-corrected chi connectivity index (χ1v) is 7.43. The van der Waals surface area contributed by atoms with Gasteiger partial charge in [0.1, 0.15) is 0 Å². The van der Waals surface area contributed by atoms with Gasteiger partial charge in [-0.1, -0.05) is 6.07 Å². The highest BCUT2D eigenvalue weighted by atomic mass is 16.4. The Morgan fingerprint density at radius 3 is 2.68 bits per heavy atom. The van der Waals surface area contributed by atoms with E-state index in [1.165, 1.54) is 6.07 Å². The largest absolute Gasteiger partial charge is 0.478 e. The van der Waals surface area contributed by atoms with Crippen molar-refractivity contribution in [3.05, 3.63) is 35.5 Å². The molecule has 6 nitrogen and oxygen atoms in total. The van der Waals surface area contributed by atoms with Crippen LogP contribution in [0.25, 0.3) is 10.9 Å². The number of fused-ring (bicyclic) bond motifs is 1. The van der Waals surface area contributed by atoms with Crippen molar-refractivity contribution >= 4 is 22.8 Å². The molecule has 1 aromatic carbocycles. The van der Waals surface area contributed by atoms with Gasteiger partial charge in [-0.3, -0.25) is 4.79 Å². The summed E-state index contributed by atoms with van der Waals surface area (Å²) >= 11 is 0. The second kappa shape index (κ2) is 5.81. The molecule has 0 aliphatic carbocycles. The van der Waals surface area contributed by atoms with Gasteiger partial charge in [0.2, 0.25) is 0 Å². The highest BCUT2D eigenvalue weighted by molar-refractivity contribution is 6.07. The fourth-order valence-electron chi connectivity index (χ4n) is 3.11. The van der Waals surface area contributed by atoms with Crippen LogP contribution in [0.15, 0.2) is 24.4 Å². The molecular weight excluding hydrogens is 282 g/mol. The van der Waals surface area contributed by atoms with Crippen LogP contribution in [0.1, 0.15) is 33.6 Å². The first kappa shape index (κ1) is 14.6. The maximum Gasteiger partial charge on any atom is 0.335 e. The number of benzene rings is 1. The number of nitrogens with two attached hydrogens (primary N) is 1. The van der Waals surface area contributed by atoms with E-state index in [1.807, 2.05) is 4.57 Å². The Morgan fingerprint density at radius 1 is 1.32 bits per heavy atom. The number of primary amides is 1. The normalized spacial score (nSPS) is 16.0. The molecular formula is C16H19N3O3. The average Bonchev–Trinajstić information content (AvgIpc) is 2.86. The Labute approximate surface area is 127 Å². The predicted octanol–water partition coefficient (Wildman–Crippen LogP) is 1.44. The van der Waals surface area contributed by atoms with Crippen molar-refractivity contribution in [2.45, 2.75) is 19.4 Å². The van der Waals surface area contributed by atoms with Gasteiger partial charge in [0.05, 0.1) is 11.1 Å². The minimum atomic E-state index is -0.975. The van der Waals surface area contributed by atoms with Gasteiger partial charge in [0.25, 0.3) is 5.91 Å². The number of carboxylic acids is 1. The summed E-state index contributed by atoms with van der Waals surface area (Å²) in [6.07, 6.45) is 3.90. The smallest absolute Gasteiger partial charge is 0.335 e. The van der Waals surface area contributed by atoms with Crippen LogP contribution in [0.5, 0.6) is 0 Å². The number of hydrogen-bond acceptors (Lipinski definition) is 3. The van der Waals surface area contributed by atoms with Gasteiger partial charge in [0, 0.05) is 23.6 Å². The van der Waals surface area contributed by atoms with Crippen molar-refractivity contribution < 1.29 is 14.7 Å². The number of piperidine rings is 1. The predicted molar refractivity (Wildman–Crippen MR) is 83.0 cm³/mol. The maximum absolute atomic E-state index is 11.6. The fourth-order valence-corrected chi connectivity index (χ4v) is 3.11. The number of nitrogens with one attached hydrogen (secondary N) is 1. The third-order valence-electron chi connectivity index (χ3n) is 4.31. The van der Waals surface area contributed by atoms with Gasteiger partial charge >= 0.3 is 5.97 Å². The summed E-state index contributed by atoms with van der Waals surface area (Å²) in [5, 5.41) is 13.2. The van der Waals surface area contributed by atoms with Crippen molar-refractivity contribution in [2.75, 3.05) is 13.1 Å². The van der Waals surface area contributed by atoms with E-state index in [2.05, 4.69) is 5.32 Å². The number of hydrogen-bond donors (Lipinski definition) is 3. The number of carboxylic acid groups (broad SMARTS) is 1. The van der Waals surface area contributed by atoms with E-state index >= 15 is 0 Å². The summed E-state index contributed by atoms with van der Waals surface area (Å²) in [5.74, 6) is -0.944. The van der Waals surface area contributed by atoms with Gasteiger partial charge < -0.3 is 20.7 Å². The molecule has 0 spiro atoms.